The summed E-state index contributed by atoms with van der Waals surface area (Å²) in [6.07, 6.45) is 11.1. The maximum atomic E-state index is 8.00. The Kier molecular flexibility index (Phi) is 17.2. The van der Waals surface area contributed by atoms with Crippen LogP contribution >= 0.6 is 0 Å². The van der Waals surface area contributed by atoms with Crippen LogP contribution in [0.1, 0.15) is 84.6 Å². The maximum Gasteiger partial charge on any atom is 0.115 e. The number of benzene rings is 1. The summed E-state index contributed by atoms with van der Waals surface area (Å²) >= 11 is 0. The number of aromatic nitrogens is 3. The molecule has 0 radical (unpaired) electrons. The van der Waals surface area contributed by atoms with Crippen molar-refractivity contribution in [3.8, 4) is 0 Å². The van der Waals surface area contributed by atoms with Crippen LogP contribution in [0.3, 0.4) is 0 Å². The van der Waals surface area contributed by atoms with Gasteiger partial charge in [0.05, 0.1) is 5.52 Å². The van der Waals surface area contributed by atoms with Gasteiger partial charge in [0.25, 0.3) is 0 Å². The summed E-state index contributed by atoms with van der Waals surface area (Å²) in [7, 11) is 0. The average molecular weight is 405 g/mol. The first kappa shape index (κ1) is 27.2. The summed E-state index contributed by atoms with van der Waals surface area (Å²) < 4.78 is 0. The molecule has 1 aromatic heterocycles. The molecule has 0 unspecified atom stereocenters. The molecule has 0 atom stereocenters. The third kappa shape index (κ3) is 14.8. The van der Waals surface area contributed by atoms with Gasteiger partial charge in [-0.1, -0.05) is 83.6 Å². The number of carbonyl (C=O) groups excluding carboxylic acids is 1. The van der Waals surface area contributed by atoms with E-state index in [1.165, 1.54) is 64.5 Å². The molecular weight excluding hydrogens is 360 g/mol. The Balaban J connectivity index is 0.000000546. The normalized spacial score (nSPS) is 10.6. The predicted molar refractivity (Wildman–Crippen MR) is 125 cm³/mol. The molecule has 2 aromatic rings. The van der Waals surface area contributed by atoms with E-state index >= 15 is 0 Å². The molecule has 0 aliphatic rings. The van der Waals surface area contributed by atoms with Crippen LogP contribution in [0, 0.1) is 18.8 Å². The molecule has 0 aliphatic carbocycles. The topological polar surface area (TPSA) is 70.7 Å². The summed E-state index contributed by atoms with van der Waals surface area (Å²) in [5, 5.41) is 14.0. The molecule has 0 amide bonds. The number of aryl methyl sites for hydroxylation is 1. The van der Waals surface area contributed by atoms with Gasteiger partial charge < -0.3 is 10.1 Å². The Morgan fingerprint density at radius 3 is 1.93 bits per heavy atom. The van der Waals surface area contributed by atoms with Crippen molar-refractivity contribution in [3.05, 3.63) is 23.8 Å². The third-order valence-electron chi connectivity index (χ3n) is 4.83. The molecule has 5 heteroatoms. The number of unbranched alkanes of at least 4 members (excludes halogenated alkanes) is 4. The zero-order valence-corrected chi connectivity index (χ0v) is 19.5. The number of carbonyl (C=O) groups is 1. The fraction of sp³-hybridized carbons (Fsp3) is 0.708. The molecule has 1 heterocycles. The fourth-order valence-electron chi connectivity index (χ4n) is 3.09. The summed E-state index contributed by atoms with van der Waals surface area (Å²) in [6.45, 7) is 15.7. The van der Waals surface area contributed by atoms with E-state index in [0.717, 1.165) is 28.4 Å². The number of rotatable bonds is 12. The molecule has 0 aliphatic heterocycles. The van der Waals surface area contributed by atoms with Gasteiger partial charge in [0, 0.05) is 0 Å². The van der Waals surface area contributed by atoms with Crippen molar-refractivity contribution in [1.82, 2.24) is 20.7 Å². The number of hydrogen-bond acceptors (Lipinski definition) is 4. The first-order valence-corrected chi connectivity index (χ1v) is 11.3. The Hall–Kier alpha value is -1.75. The second-order valence-corrected chi connectivity index (χ2v) is 8.52. The van der Waals surface area contributed by atoms with E-state index in [1.54, 1.807) is 0 Å². The SMILES string of the molecule is C=O.CC(C)CCCCCNCCCCCC(C)C.Cc1cccc2[nH]nnc12. The summed E-state index contributed by atoms with van der Waals surface area (Å²) in [5.74, 6) is 1.76. The van der Waals surface area contributed by atoms with Crippen molar-refractivity contribution in [1.29, 1.82) is 0 Å². The number of H-pyrrole nitrogens is 1. The molecule has 1 aromatic carbocycles. The van der Waals surface area contributed by atoms with Gasteiger partial charge in [-0.2, -0.15) is 0 Å². The molecule has 2 rings (SSSR count). The predicted octanol–water partition coefficient (Wildman–Crippen LogP) is 6.09. The Morgan fingerprint density at radius 1 is 0.897 bits per heavy atom. The van der Waals surface area contributed by atoms with Crippen LogP contribution in [0.2, 0.25) is 0 Å². The molecule has 0 saturated carbocycles. The lowest BCUT2D eigenvalue weighted by Crippen LogP contribution is -2.16. The van der Waals surface area contributed by atoms with Crippen LogP contribution in [-0.4, -0.2) is 35.3 Å². The highest BCUT2D eigenvalue weighted by molar-refractivity contribution is 5.76. The van der Waals surface area contributed by atoms with Gasteiger partial charge in [-0.15, -0.1) is 5.10 Å². The maximum absolute atomic E-state index is 8.00. The monoisotopic (exact) mass is 404 g/mol. The largest absolute Gasteiger partial charge is 0.317 e. The van der Waals surface area contributed by atoms with E-state index in [9.17, 15) is 0 Å². The van der Waals surface area contributed by atoms with E-state index < -0.39 is 0 Å². The molecule has 2 N–H and O–H groups in total. The number of hydrogen-bond donors (Lipinski definition) is 2. The van der Waals surface area contributed by atoms with Crippen LogP contribution in [-0.2, 0) is 4.79 Å². The van der Waals surface area contributed by atoms with Crippen LogP contribution < -0.4 is 5.32 Å². The minimum atomic E-state index is 0.879. The van der Waals surface area contributed by atoms with Gasteiger partial charge in [-0.25, -0.2) is 0 Å². The molecular formula is C24H44N4O. The van der Waals surface area contributed by atoms with Gasteiger partial charge in [-0.05, 0) is 56.3 Å². The van der Waals surface area contributed by atoms with Gasteiger partial charge in [0.1, 0.15) is 12.3 Å². The zero-order valence-electron chi connectivity index (χ0n) is 19.5. The standard InChI is InChI=1S/C16H35N.C7H7N3.CH2O/c1-15(2)11-7-5-9-13-17-14-10-6-8-12-16(3)4;1-5-3-2-4-6-7(5)9-10-8-6;1-2/h15-17H,5-14H2,1-4H3;2-4H,1H3,(H,8,9,10);1H2. The van der Waals surface area contributed by atoms with E-state index in [1.807, 2.05) is 31.9 Å². The van der Waals surface area contributed by atoms with E-state index in [-0.39, 0.29) is 0 Å². The lowest BCUT2D eigenvalue weighted by atomic mass is 10.1. The van der Waals surface area contributed by atoms with Crippen LogP contribution in [0.25, 0.3) is 11.0 Å². The zero-order chi connectivity index (χ0) is 21.9. The number of fused-ring (bicyclic) bond motifs is 1. The van der Waals surface area contributed by atoms with Crippen molar-refractivity contribution in [2.75, 3.05) is 13.1 Å². The van der Waals surface area contributed by atoms with Gasteiger partial charge in [0.15, 0.2) is 0 Å². The molecule has 5 nitrogen and oxygen atoms in total. The van der Waals surface area contributed by atoms with Crippen LogP contribution in [0.5, 0.6) is 0 Å². The van der Waals surface area contributed by atoms with Crippen molar-refractivity contribution in [2.24, 2.45) is 11.8 Å². The number of nitrogens with zero attached hydrogens (tertiary/aromatic N) is 2. The minimum absolute atomic E-state index is 0.879. The Bertz CT molecular complexity index is 594. The van der Waals surface area contributed by atoms with E-state index in [4.69, 9.17) is 4.79 Å². The second-order valence-electron chi connectivity index (χ2n) is 8.52. The summed E-state index contributed by atoms with van der Waals surface area (Å²) in [5.41, 5.74) is 3.12. The quantitative estimate of drug-likeness (QED) is 0.420. The number of nitrogens with one attached hydrogen (secondary N) is 2. The lowest BCUT2D eigenvalue weighted by molar-refractivity contribution is -0.0979. The molecule has 0 bridgehead atoms. The first-order valence-electron chi connectivity index (χ1n) is 11.3. The molecule has 29 heavy (non-hydrogen) atoms. The summed E-state index contributed by atoms with van der Waals surface area (Å²) in [4.78, 5) is 8.00. The Morgan fingerprint density at radius 2 is 1.45 bits per heavy atom. The average Bonchev–Trinajstić information content (AvgIpc) is 3.18. The Labute approximate surface area is 178 Å². The summed E-state index contributed by atoms with van der Waals surface area (Å²) in [6, 6.07) is 5.96. The van der Waals surface area contributed by atoms with Crippen molar-refractivity contribution in [3.63, 3.8) is 0 Å². The highest BCUT2D eigenvalue weighted by Crippen LogP contribution is 2.11. The molecule has 0 spiro atoms. The lowest BCUT2D eigenvalue weighted by Gasteiger charge is -2.07. The molecule has 166 valence electrons. The molecule has 0 saturated heterocycles. The second kappa shape index (κ2) is 18.3. The minimum Gasteiger partial charge on any atom is -0.317 e. The highest BCUT2D eigenvalue weighted by Gasteiger charge is 1.97. The fourth-order valence-corrected chi connectivity index (χ4v) is 3.09. The smallest absolute Gasteiger partial charge is 0.115 e. The van der Waals surface area contributed by atoms with Gasteiger partial charge in [0.2, 0.25) is 0 Å². The van der Waals surface area contributed by atoms with E-state index in [2.05, 4.69) is 48.4 Å². The van der Waals surface area contributed by atoms with Crippen molar-refractivity contribution >= 4 is 17.8 Å². The van der Waals surface area contributed by atoms with Gasteiger partial charge in [-0.3, -0.25) is 5.10 Å². The van der Waals surface area contributed by atoms with Crippen molar-refractivity contribution < 1.29 is 4.79 Å². The molecule has 0 fully saturated rings. The highest BCUT2D eigenvalue weighted by atomic mass is 16.1. The number of aromatic amines is 1. The first-order chi connectivity index (χ1) is 14.0. The third-order valence-corrected chi connectivity index (χ3v) is 4.83. The van der Waals surface area contributed by atoms with E-state index in [0.29, 0.717) is 0 Å². The van der Waals surface area contributed by atoms with Crippen LogP contribution in [0.4, 0.5) is 0 Å². The van der Waals surface area contributed by atoms with Gasteiger partial charge >= 0.3 is 0 Å². The van der Waals surface area contributed by atoms with Crippen molar-refractivity contribution in [2.45, 2.75) is 86.0 Å². The van der Waals surface area contributed by atoms with Crippen LogP contribution in [0.15, 0.2) is 18.2 Å².